The molecule has 0 fully saturated rings. The quantitative estimate of drug-likeness (QED) is 0.448. The van der Waals surface area contributed by atoms with Gasteiger partial charge in [0.2, 0.25) is 0 Å². The zero-order valence-electron chi connectivity index (χ0n) is 16.3. The fourth-order valence-corrected chi connectivity index (χ4v) is 3.55. The molecule has 0 radical (unpaired) electrons. The molecule has 0 atom stereocenters. The standard InChI is InChI=1S/C22H23Cl2N3O2/c1-14(2)17-9-15(3-4-21(17)28)10-18-19(23)11-16(12-20(18)24)29-8-7-27-22-13-25-5-6-26-22/h3-6,9,11-14,28H,7-8,10H2,1-2H3,(H,26,27). The molecule has 1 heterocycles. The fourth-order valence-electron chi connectivity index (χ4n) is 2.95. The third kappa shape index (κ3) is 5.75. The Morgan fingerprint density at radius 3 is 2.52 bits per heavy atom. The fraction of sp³-hybridized carbons (Fsp3) is 0.273. The Kier molecular flexibility index (Phi) is 7.18. The SMILES string of the molecule is CC(C)c1cc(Cc2c(Cl)cc(OCCNc3cnccn3)cc2Cl)ccc1O. The highest BCUT2D eigenvalue weighted by Crippen LogP contribution is 2.33. The second-order valence-electron chi connectivity index (χ2n) is 6.96. The first-order valence-corrected chi connectivity index (χ1v) is 10.1. The molecule has 3 aromatic rings. The van der Waals surface area contributed by atoms with E-state index in [2.05, 4.69) is 15.3 Å². The molecule has 0 bridgehead atoms. The van der Waals surface area contributed by atoms with Crippen LogP contribution in [0.1, 0.15) is 36.5 Å². The molecule has 0 amide bonds. The van der Waals surface area contributed by atoms with Crippen molar-refractivity contribution < 1.29 is 9.84 Å². The summed E-state index contributed by atoms with van der Waals surface area (Å²) in [6.07, 6.45) is 5.47. The Morgan fingerprint density at radius 1 is 1.10 bits per heavy atom. The number of benzene rings is 2. The van der Waals surface area contributed by atoms with Crippen LogP contribution < -0.4 is 10.1 Å². The zero-order valence-corrected chi connectivity index (χ0v) is 17.8. The van der Waals surface area contributed by atoms with Crippen molar-refractivity contribution in [2.24, 2.45) is 0 Å². The molecule has 0 aliphatic heterocycles. The van der Waals surface area contributed by atoms with Crippen LogP contribution in [0, 0.1) is 0 Å². The number of phenolic OH excluding ortho intramolecular Hbond substituents is 1. The molecular formula is C22H23Cl2N3O2. The second kappa shape index (κ2) is 9.81. The van der Waals surface area contributed by atoms with Gasteiger partial charge in [0.25, 0.3) is 0 Å². The lowest BCUT2D eigenvalue weighted by molar-refractivity contribution is 0.332. The number of ether oxygens (including phenoxy) is 1. The van der Waals surface area contributed by atoms with Crippen molar-refractivity contribution >= 4 is 29.0 Å². The van der Waals surface area contributed by atoms with Crippen molar-refractivity contribution in [1.82, 2.24) is 9.97 Å². The van der Waals surface area contributed by atoms with Crippen LogP contribution in [0.5, 0.6) is 11.5 Å². The first-order chi connectivity index (χ1) is 13.9. The number of phenols is 1. The molecule has 0 saturated carbocycles. The van der Waals surface area contributed by atoms with E-state index in [0.717, 1.165) is 16.7 Å². The maximum atomic E-state index is 10.0. The van der Waals surface area contributed by atoms with Crippen LogP contribution in [0.3, 0.4) is 0 Å². The molecule has 1 aromatic heterocycles. The second-order valence-corrected chi connectivity index (χ2v) is 7.77. The molecule has 5 nitrogen and oxygen atoms in total. The van der Waals surface area contributed by atoms with Gasteiger partial charge in [-0.2, -0.15) is 0 Å². The lowest BCUT2D eigenvalue weighted by Crippen LogP contribution is -2.12. The summed E-state index contributed by atoms with van der Waals surface area (Å²) in [5.74, 6) is 1.84. The number of hydrogen-bond acceptors (Lipinski definition) is 5. The lowest BCUT2D eigenvalue weighted by Gasteiger charge is -2.14. The Bertz CT molecular complexity index is 943. The predicted octanol–water partition coefficient (Wildman–Crippen LogP) is 5.69. The van der Waals surface area contributed by atoms with Gasteiger partial charge in [-0.25, -0.2) is 4.98 Å². The first kappa shape index (κ1) is 21.2. The van der Waals surface area contributed by atoms with E-state index >= 15 is 0 Å². The summed E-state index contributed by atoms with van der Waals surface area (Å²) in [5.41, 5.74) is 2.78. The topological polar surface area (TPSA) is 67.3 Å². The summed E-state index contributed by atoms with van der Waals surface area (Å²) in [5, 5.41) is 14.2. The third-order valence-corrected chi connectivity index (χ3v) is 5.12. The van der Waals surface area contributed by atoms with Gasteiger partial charge in [0.15, 0.2) is 0 Å². The van der Waals surface area contributed by atoms with E-state index in [1.165, 1.54) is 0 Å². The molecule has 0 saturated heterocycles. The molecule has 2 aromatic carbocycles. The number of halogens is 2. The highest BCUT2D eigenvalue weighted by Gasteiger charge is 2.13. The van der Waals surface area contributed by atoms with Crippen molar-refractivity contribution in [2.45, 2.75) is 26.2 Å². The molecule has 29 heavy (non-hydrogen) atoms. The lowest BCUT2D eigenvalue weighted by atomic mass is 9.96. The van der Waals surface area contributed by atoms with Crippen LogP contribution in [0.2, 0.25) is 10.0 Å². The zero-order chi connectivity index (χ0) is 20.8. The normalized spacial score (nSPS) is 10.9. The van der Waals surface area contributed by atoms with Crippen molar-refractivity contribution in [3.63, 3.8) is 0 Å². The molecular weight excluding hydrogens is 409 g/mol. The van der Waals surface area contributed by atoms with E-state index in [1.807, 2.05) is 26.0 Å². The van der Waals surface area contributed by atoms with Crippen molar-refractivity contribution in [1.29, 1.82) is 0 Å². The van der Waals surface area contributed by atoms with Crippen LogP contribution in [-0.4, -0.2) is 28.2 Å². The van der Waals surface area contributed by atoms with Gasteiger partial charge >= 0.3 is 0 Å². The van der Waals surface area contributed by atoms with Crippen LogP contribution in [-0.2, 0) is 6.42 Å². The smallest absolute Gasteiger partial charge is 0.144 e. The summed E-state index contributed by atoms with van der Waals surface area (Å²) in [6.45, 7) is 5.09. The number of anilines is 1. The summed E-state index contributed by atoms with van der Waals surface area (Å²) in [4.78, 5) is 8.13. The van der Waals surface area contributed by atoms with Crippen LogP contribution in [0.25, 0.3) is 0 Å². The van der Waals surface area contributed by atoms with E-state index in [4.69, 9.17) is 27.9 Å². The van der Waals surface area contributed by atoms with E-state index in [1.54, 1.807) is 36.8 Å². The van der Waals surface area contributed by atoms with Crippen LogP contribution in [0.4, 0.5) is 5.82 Å². The Morgan fingerprint density at radius 2 is 1.86 bits per heavy atom. The number of nitrogens with zero attached hydrogens (tertiary/aromatic N) is 2. The van der Waals surface area contributed by atoms with Crippen molar-refractivity contribution in [2.75, 3.05) is 18.5 Å². The van der Waals surface area contributed by atoms with Gasteiger partial charge < -0.3 is 15.2 Å². The minimum Gasteiger partial charge on any atom is -0.508 e. The highest BCUT2D eigenvalue weighted by atomic mass is 35.5. The maximum absolute atomic E-state index is 10.0. The molecule has 152 valence electrons. The number of rotatable bonds is 8. The van der Waals surface area contributed by atoms with Gasteiger partial charge in [0, 0.05) is 28.9 Å². The average molecular weight is 432 g/mol. The van der Waals surface area contributed by atoms with E-state index in [-0.39, 0.29) is 5.92 Å². The van der Waals surface area contributed by atoms with Crippen LogP contribution in [0.15, 0.2) is 48.9 Å². The monoisotopic (exact) mass is 431 g/mol. The minimum atomic E-state index is 0.229. The molecule has 0 aliphatic rings. The van der Waals surface area contributed by atoms with E-state index in [0.29, 0.717) is 46.9 Å². The van der Waals surface area contributed by atoms with Gasteiger partial charge in [0.1, 0.15) is 23.9 Å². The van der Waals surface area contributed by atoms with E-state index in [9.17, 15) is 5.11 Å². The van der Waals surface area contributed by atoms with Gasteiger partial charge in [-0.05, 0) is 40.8 Å². The van der Waals surface area contributed by atoms with Crippen molar-refractivity contribution in [3.05, 3.63) is 75.7 Å². The molecule has 3 rings (SSSR count). The molecule has 7 heteroatoms. The third-order valence-electron chi connectivity index (χ3n) is 4.45. The van der Waals surface area contributed by atoms with Crippen molar-refractivity contribution in [3.8, 4) is 11.5 Å². The molecule has 0 spiro atoms. The molecule has 0 aliphatic carbocycles. The van der Waals surface area contributed by atoms with Gasteiger partial charge in [-0.15, -0.1) is 0 Å². The Labute approximate surface area is 180 Å². The summed E-state index contributed by atoms with van der Waals surface area (Å²) >= 11 is 13.0. The summed E-state index contributed by atoms with van der Waals surface area (Å²) in [7, 11) is 0. The number of hydrogen-bond donors (Lipinski definition) is 2. The number of nitrogens with one attached hydrogen (secondary N) is 1. The summed E-state index contributed by atoms with van der Waals surface area (Å²) in [6, 6.07) is 9.14. The summed E-state index contributed by atoms with van der Waals surface area (Å²) < 4.78 is 5.75. The number of aromatic hydroxyl groups is 1. The average Bonchev–Trinajstić information content (AvgIpc) is 2.70. The highest BCUT2D eigenvalue weighted by molar-refractivity contribution is 6.36. The van der Waals surface area contributed by atoms with Gasteiger partial charge in [-0.3, -0.25) is 4.98 Å². The maximum Gasteiger partial charge on any atom is 0.144 e. The van der Waals surface area contributed by atoms with Gasteiger partial charge in [-0.1, -0.05) is 49.2 Å². The minimum absolute atomic E-state index is 0.229. The molecule has 2 N–H and O–H groups in total. The Hall–Kier alpha value is -2.50. The largest absolute Gasteiger partial charge is 0.508 e. The predicted molar refractivity (Wildman–Crippen MR) is 117 cm³/mol. The first-order valence-electron chi connectivity index (χ1n) is 9.36. The Balaban J connectivity index is 1.64. The molecule has 0 unspecified atom stereocenters. The number of aromatic nitrogens is 2. The van der Waals surface area contributed by atoms with Gasteiger partial charge in [0.05, 0.1) is 12.7 Å². The van der Waals surface area contributed by atoms with E-state index < -0.39 is 0 Å². The van der Waals surface area contributed by atoms with Crippen LogP contribution >= 0.6 is 23.2 Å².